The molecule has 0 aliphatic heterocycles. The van der Waals surface area contributed by atoms with Crippen molar-refractivity contribution in [2.45, 2.75) is 12.8 Å². The summed E-state index contributed by atoms with van der Waals surface area (Å²) < 4.78 is 0. The summed E-state index contributed by atoms with van der Waals surface area (Å²) in [6.07, 6.45) is 2.90. The van der Waals surface area contributed by atoms with E-state index in [0.29, 0.717) is 17.6 Å². The molecule has 0 aromatic heterocycles. The number of carbonyl (C=O) groups excluding carboxylic acids is 1. The fourth-order valence-electron chi connectivity index (χ4n) is 6.24. The Balaban J connectivity index is 1.94. The van der Waals surface area contributed by atoms with E-state index in [1.165, 1.54) is 12.8 Å². The minimum absolute atomic E-state index is 0.591. The lowest BCUT2D eigenvalue weighted by Crippen LogP contribution is -2.30. The summed E-state index contributed by atoms with van der Waals surface area (Å²) in [6, 6.07) is 0. The number of hydrogen-bond donors (Lipinski definition) is 0. The lowest BCUT2D eigenvalue weighted by molar-refractivity contribution is -0.122. The van der Waals surface area contributed by atoms with E-state index in [4.69, 9.17) is 0 Å². The van der Waals surface area contributed by atoms with Crippen LogP contribution in [0.5, 0.6) is 0 Å². The minimum Gasteiger partial charge on any atom is -0.299 e. The average Bonchev–Trinajstić information content (AvgIpc) is 2.68. The van der Waals surface area contributed by atoms with Gasteiger partial charge in [-0.05, 0) is 48.3 Å². The Morgan fingerprint density at radius 3 is 1.83 bits per heavy atom. The highest BCUT2D eigenvalue weighted by atomic mass is 16.1. The Kier molecular flexibility index (Phi) is 0.547. The van der Waals surface area contributed by atoms with Crippen LogP contribution in [-0.2, 0) is 4.79 Å². The highest BCUT2D eigenvalue weighted by Gasteiger charge is 2.80. The van der Waals surface area contributed by atoms with Crippen LogP contribution in [0.25, 0.3) is 0 Å². The van der Waals surface area contributed by atoms with Crippen molar-refractivity contribution in [3.63, 3.8) is 0 Å². The summed E-state index contributed by atoms with van der Waals surface area (Å²) in [7, 11) is 0. The molecule has 1 nitrogen and oxygen atoms in total. The quantitative estimate of drug-likeness (QED) is 0.522. The van der Waals surface area contributed by atoms with E-state index in [9.17, 15) is 4.79 Å². The molecule has 0 aromatic rings. The summed E-state index contributed by atoms with van der Waals surface area (Å²) in [6.45, 7) is 0. The maximum Gasteiger partial charge on any atom is 0.140 e. The molecule has 0 heterocycles. The molecule has 6 bridgehead atoms. The maximum absolute atomic E-state index is 11.9. The topological polar surface area (TPSA) is 17.1 Å². The van der Waals surface area contributed by atoms with Crippen LogP contribution in [0, 0.1) is 47.3 Å². The lowest BCUT2D eigenvalue weighted by atomic mass is 9.71. The minimum atomic E-state index is 0.591. The monoisotopic (exact) mass is 160 g/mol. The van der Waals surface area contributed by atoms with E-state index in [-0.39, 0.29) is 0 Å². The second-order valence-electron chi connectivity index (χ2n) is 5.74. The lowest BCUT2D eigenvalue weighted by Gasteiger charge is -2.32. The van der Waals surface area contributed by atoms with Crippen molar-refractivity contribution in [3.05, 3.63) is 0 Å². The number of hydrogen-bond acceptors (Lipinski definition) is 1. The third-order valence-corrected chi connectivity index (χ3v) is 6.03. The van der Waals surface area contributed by atoms with Gasteiger partial charge in [-0.3, -0.25) is 4.79 Å². The van der Waals surface area contributed by atoms with Crippen molar-refractivity contribution < 1.29 is 4.79 Å². The molecule has 6 aliphatic carbocycles. The number of ketones is 1. The molecular weight excluding hydrogens is 148 g/mol. The molecule has 0 N–H and O–H groups in total. The zero-order chi connectivity index (χ0) is 7.61. The third-order valence-electron chi connectivity index (χ3n) is 6.03. The van der Waals surface area contributed by atoms with Gasteiger partial charge in [0.15, 0.2) is 0 Å². The Morgan fingerprint density at radius 1 is 0.833 bits per heavy atom. The van der Waals surface area contributed by atoms with Crippen molar-refractivity contribution in [2.24, 2.45) is 47.3 Å². The molecule has 1 heteroatoms. The van der Waals surface area contributed by atoms with Gasteiger partial charge in [0.2, 0.25) is 0 Å². The van der Waals surface area contributed by atoms with Gasteiger partial charge in [0.05, 0.1) is 0 Å². The van der Waals surface area contributed by atoms with Crippen LogP contribution in [0.15, 0.2) is 0 Å². The van der Waals surface area contributed by atoms with Crippen LogP contribution in [0.4, 0.5) is 0 Å². The molecule has 62 valence electrons. The normalized spacial score (nSPS) is 79.2. The van der Waals surface area contributed by atoms with Gasteiger partial charge in [-0.2, -0.15) is 0 Å². The standard InChI is InChI=1S/C11H12O/c12-11-9-5-1-3-4-2-6(7(3)9)10(11)8(4)5/h3-10H,1-2H2/t3-,4-,5+,6+,7-,8-,9-,10-/m0/s1. The third kappa shape index (κ3) is 0.272. The van der Waals surface area contributed by atoms with E-state index in [2.05, 4.69) is 0 Å². The molecule has 0 spiro atoms. The van der Waals surface area contributed by atoms with E-state index in [1.807, 2.05) is 0 Å². The first-order valence-electron chi connectivity index (χ1n) is 5.41. The molecule has 0 amide bonds. The number of Topliss-reactive ketones (excluding diaryl/α,β-unsaturated/α-hetero) is 1. The summed E-state index contributed by atoms with van der Waals surface area (Å²) in [5, 5.41) is 0. The Labute approximate surface area is 71.5 Å². The van der Waals surface area contributed by atoms with Crippen molar-refractivity contribution >= 4 is 5.78 Å². The van der Waals surface area contributed by atoms with Gasteiger partial charge >= 0.3 is 0 Å². The van der Waals surface area contributed by atoms with Crippen LogP contribution >= 0.6 is 0 Å². The summed E-state index contributed by atoms with van der Waals surface area (Å²) in [5.74, 6) is 7.54. The fourth-order valence-corrected chi connectivity index (χ4v) is 6.24. The highest BCUT2D eigenvalue weighted by molar-refractivity contribution is 5.91. The van der Waals surface area contributed by atoms with E-state index >= 15 is 0 Å². The van der Waals surface area contributed by atoms with Crippen molar-refractivity contribution in [1.29, 1.82) is 0 Å². The summed E-state index contributed by atoms with van der Waals surface area (Å²) in [4.78, 5) is 11.9. The fraction of sp³-hybridized carbons (Fsp3) is 0.909. The Hall–Kier alpha value is -0.330. The molecular formula is C11H12O. The zero-order valence-electron chi connectivity index (χ0n) is 6.94. The van der Waals surface area contributed by atoms with Crippen LogP contribution in [0.1, 0.15) is 12.8 Å². The van der Waals surface area contributed by atoms with Crippen LogP contribution in [0.3, 0.4) is 0 Å². The number of carbonyl (C=O) groups is 1. The average molecular weight is 160 g/mol. The Morgan fingerprint density at radius 2 is 1.33 bits per heavy atom. The van der Waals surface area contributed by atoms with Gasteiger partial charge in [0.1, 0.15) is 5.78 Å². The molecule has 0 aromatic carbocycles. The first kappa shape index (κ1) is 5.41. The molecule has 6 saturated carbocycles. The van der Waals surface area contributed by atoms with E-state index < -0.39 is 0 Å². The van der Waals surface area contributed by atoms with Gasteiger partial charge in [0, 0.05) is 11.8 Å². The molecule has 12 heavy (non-hydrogen) atoms. The largest absolute Gasteiger partial charge is 0.299 e. The Bertz CT molecular complexity index is 291. The van der Waals surface area contributed by atoms with Gasteiger partial charge in [-0.25, -0.2) is 0 Å². The van der Waals surface area contributed by atoms with Crippen molar-refractivity contribution in [1.82, 2.24) is 0 Å². The van der Waals surface area contributed by atoms with Crippen LogP contribution in [-0.4, -0.2) is 5.78 Å². The second kappa shape index (κ2) is 1.21. The molecule has 0 unspecified atom stereocenters. The van der Waals surface area contributed by atoms with Gasteiger partial charge in [-0.1, -0.05) is 0 Å². The SMILES string of the molecule is O=C1[C@H]2[C@@H]3C[C@H]4[C@@H]5C[C@@H]([C@H]1[C@@H]53)[C@H]42. The van der Waals surface area contributed by atoms with Crippen molar-refractivity contribution in [2.75, 3.05) is 0 Å². The van der Waals surface area contributed by atoms with Gasteiger partial charge in [0.25, 0.3) is 0 Å². The molecule has 6 aliphatic rings. The van der Waals surface area contributed by atoms with Gasteiger partial charge < -0.3 is 0 Å². The first-order chi connectivity index (χ1) is 5.88. The van der Waals surface area contributed by atoms with Crippen molar-refractivity contribution in [3.8, 4) is 0 Å². The van der Waals surface area contributed by atoms with E-state index in [0.717, 1.165) is 35.5 Å². The molecule has 6 rings (SSSR count). The van der Waals surface area contributed by atoms with Crippen LogP contribution in [0.2, 0.25) is 0 Å². The molecule has 8 atom stereocenters. The molecule has 0 saturated heterocycles. The predicted octanol–water partition coefficient (Wildman–Crippen LogP) is 1.33. The molecule has 0 radical (unpaired) electrons. The van der Waals surface area contributed by atoms with Gasteiger partial charge in [-0.15, -0.1) is 0 Å². The van der Waals surface area contributed by atoms with Crippen LogP contribution < -0.4 is 0 Å². The summed E-state index contributed by atoms with van der Waals surface area (Å²) in [5.41, 5.74) is 0. The summed E-state index contributed by atoms with van der Waals surface area (Å²) >= 11 is 0. The molecule has 6 fully saturated rings. The number of rotatable bonds is 0. The second-order valence-corrected chi connectivity index (χ2v) is 5.74. The highest BCUT2D eigenvalue weighted by Crippen LogP contribution is 2.81. The predicted molar refractivity (Wildman–Crippen MR) is 42.2 cm³/mol. The zero-order valence-corrected chi connectivity index (χ0v) is 6.94. The first-order valence-corrected chi connectivity index (χ1v) is 5.41. The smallest absolute Gasteiger partial charge is 0.140 e. The van der Waals surface area contributed by atoms with E-state index in [1.54, 1.807) is 0 Å². The maximum atomic E-state index is 11.9.